The van der Waals surface area contributed by atoms with E-state index < -0.39 is 60.1 Å². The van der Waals surface area contributed by atoms with E-state index in [4.69, 9.17) is 5.73 Å². The van der Waals surface area contributed by atoms with Crippen LogP contribution in [-0.2, 0) is 19.2 Å². The molecular formula is C17H32N4O7S. The summed E-state index contributed by atoms with van der Waals surface area (Å²) in [5, 5.41) is 35.4. The summed E-state index contributed by atoms with van der Waals surface area (Å²) in [4.78, 5) is 48.2. The molecule has 7 atom stereocenters. The zero-order chi connectivity index (χ0) is 22.9. The maximum Gasteiger partial charge on any atom is 0.326 e. The average molecular weight is 437 g/mol. The number of nitrogens with one attached hydrogen (secondary N) is 3. The van der Waals surface area contributed by atoms with Crippen molar-refractivity contribution in [3.63, 3.8) is 0 Å². The molecule has 0 aliphatic rings. The third-order valence-electron chi connectivity index (χ3n) is 4.48. The molecule has 0 saturated carbocycles. The Labute approximate surface area is 175 Å². The fourth-order valence-corrected chi connectivity index (χ4v) is 2.52. The van der Waals surface area contributed by atoms with Gasteiger partial charge in [-0.15, -0.1) is 0 Å². The lowest BCUT2D eigenvalue weighted by atomic mass is 9.98. The Hall–Kier alpha value is -1.89. The van der Waals surface area contributed by atoms with Crippen LogP contribution in [0.25, 0.3) is 0 Å². The Morgan fingerprint density at radius 3 is 1.79 bits per heavy atom. The second kappa shape index (κ2) is 12.6. The van der Waals surface area contributed by atoms with Crippen molar-refractivity contribution in [3.05, 3.63) is 0 Å². The van der Waals surface area contributed by atoms with E-state index in [0.29, 0.717) is 6.42 Å². The number of aliphatic hydroxyl groups is 2. The monoisotopic (exact) mass is 436 g/mol. The van der Waals surface area contributed by atoms with Crippen LogP contribution >= 0.6 is 12.6 Å². The molecule has 3 amide bonds. The number of thiol groups is 1. The summed E-state index contributed by atoms with van der Waals surface area (Å²) in [6.07, 6.45) is -2.01. The van der Waals surface area contributed by atoms with Gasteiger partial charge in [-0.3, -0.25) is 14.4 Å². The lowest BCUT2D eigenvalue weighted by molar-refractivity contribution is -0.144. The summed E-state index contributed by atoms with van der Waals surface area (Å²) in [5.41, 5.74) is 5.51. The third kappa shape index (κ3) is 8.56. The highest BCUT2D eigenvalue weighted by Gasteiger charge is 2.33. The SMILES string of the molecule is CCC(C)C(NC(=O)C(NC(=O)C(CS)NC(=O)C(N)C(C)O)C(C)O)C(=O)O. The molecule has 29 heavy (non-hydrogen) atoms. The number of hydrogen-bond donors (Lipinski definition) is 8. The van der Waals surface area contributed by atoms with E-state index in [1.165, 1.54) is 13.8 Å². The number of carboxylic acids is 1. The second-order valence-corrected chi connectivity index (χ2v) is 7.31. The largest absolute Gasteiger partial charge is 0.480 e. The molecule has 12 heteroatoms. The normalized spacial score (nSPS) is 18.3. The highest BCUT2D eigenvalue weighted by atomic mass is 32.1. The van der Waals surface area contributed by atoms with E-state index in [2.05, 4.69) is 28.6 Å². The lowest BCUT2D eigenvalue weighted by Crippen LogP contribution is -2.61. The van der Waals surface area contributed by atoms with Crippen molar-refractivity contribution in [3.8, 4) is 0 Å². The van der Waals surface area contributed by atoms with Gasteiger partial charge in [-0.25, -0.2) is 4.79 Å². The summed E-state index contributed by atoms with van der Waals surface area (Å²) in [7, 11) is 0. The molecule has 0 radical (unpaired) electrons. The van der Waals surface area contributed by atoms with Gasteiger partial charge in [0.1, 0.15) is 24.2 Å². The smallest absolute Gasteiger partial charge is 0.326 e. The van der Waals surface area contributed by atoms with Crippen molar-refractivity contribution in [2.24, 2.45) is 11.7 Å². The first-order valence-electron chi connectivity index (χ1n) is 9.23. The molecule has 0 aliphatic heterocycles. The van der Waals surface area contributed by atoms with E-state index >= 15 is 0 Å². The van der Waals surface area contributed by atoms with Crippen LogP contribution in [0.1, 0.15) is 34.1 Å². The fourth-order valence-electron chi connectivity index (χ4n) is 2.27. The van der Waals surface area contributed by atoms with E-state index in [0.717, 1.165) is 0 Å². The Balaban J connectivity index is 5.25. The molecule has 0 saturated heterocycles. The van der Waals surface area contributed by atoms with Crippen molar-refractivity contribution in [2.75, 3.05) is 5.75 Å². The van der Waals surface area contributed by atoms with Crippen LogP contribution in [0, 0.1) is 5.92 Å². The minimum Gasteiger partial charge on any atom is -0.480 e. The zero-order valence-electron chi connectivity index (χ0n) is 17.0. The number of amides is 3. The maximum atomic E-state index is 12.5. The molecule has 7 unspecified atom stereocenters. The molecule has 0 fully saturated rings. The van der Waals surface area contributed by atoms with Gasteiger partial charge in [-0.1, -0.05) is 20.3 Å². The van der Waals surface area contributed by atoms with E-state index in [-0.39, 0.29) is 11.7 Å². The Morgan fingerprint density at radius 1 is 0.897 bits per heavy atom. The standard InChI is InChI=1S/C17H32N4O7S/c1-5-7(2)12(17(27)28)20-16(26)13(9(4)23)21-14(24)10(6-29)19-15(25)11(18)8(3)22/h7-13,22-23,29H,5-6,18H2,1-4H3,(H,19,25)(H,20,26)(H,21,24)(H,27,28). The molecule has 168 valence electrons. The number of rotatable bonds is 12. The van der Waals surface area contributed by atoms with E-state index in [9.17, 15) is 34.5 Å². The lowest BCUT2D eigenvalue weighted by Gasteiger charge is -2.27. The second-order valence-electron chi connectivity index (χ2n) is 6.95. The molecule has 0 bridgehead atoms. The number of aliphatic hydroxyl groups excluding tert-OH is 2. The van der Waals surface area contributed by atoms with Gasteiger partial charge < -0.3 is 37.0 Å². The predicted octanol–water partition coefficient (Wildman–Crippen LogP) is -2.41. The minimum absolute atomic E-state index is 0.150. The highest BCUT2D eigenvalue weighted by Crippen LogP contribution is 2.09. The van der Waals surface area contributed by atoms with Crippen LogP contribution in [0.2, 0.25) is 0 Å². The Kier molecular flexibility index (Phi) is 11.8. The molecule has 0 spiro atoms. The van der Waals surface area contributed by atoms with Gasteiger partial charge in [0.05, 0.1) is 12.2 Å². The number of hydrogen-bond acceptors (Lipinski definition) is 8. The van der Waals surface area contributed by atoms with Gasteiger partial charge in [-0.2, -0.15) is 12.6 Å². The van der Waals surface area contributed by atoms with Gasteiger partial charge in [0.15, 0.2) is 0 Å². The fraction of sp³-hybridized carbons (Fsp3) is 0.765. The van der Waals surface area contributed by atoms with Crippen molar-refractivity contribution in [1.82, 2.24) is 16.0 Å². The van der Waals surface area contributed by atoms with Crippen LogP contribution in [0.4, 0.5) is 0 Å². The summed E-state index contributed by atoms with van der Waals surface area (Å²) in [6.45, 7) is 5.97. The van der Waals surface area contributed by atoms with Crippen LogP contribution < -0.4 is 21.7 Å². The zero-order valence-corrected chi connectivity index (χ0v) is 17.8. The Bertz CT molecular complexity index is 588. The van der Waals surface area contributed by atoms with E-state index in [1.54, 1.807) is 13.8 Å². The van der Waals surface area contributed by atoms with Crippen molar-refractivity contribution < 1.29 is 34.5 Å². The van der Waals surface area contributed by atoms with Crippen LogP contribution in [-0.4, -0.2) is 81.1 Å². The molecule has 0 rings (SSSR count). The molecule has 0 heterocycles. The van der Waals surface area contributed by atoms with E-state index in [1.807, 2.05) is 0 Å². The first-order chi connectivity index (χ1) is 13.4. The molecule has 0 aromatic rings. The maximum absolute atomic E-state index is 12.5. The number of nitrogens with two attached hydrogens (primary N) is 1. The van der Waals surface area contributed by atoms with Gasteiger partial charge in [0.25, 0.3) is 0 Å². The number of aliphatic carboxylic acids is 1. The molecule has 0 aromatic carbocycles. The van der Waals surface area contributed by atoms with Gasteiger partial charge >= 0.3 is 5.97 Å². The Morgan fingerprint density at radius 2 is 1.41 bits per heavy atom. The van der Waals surface area contributed by atoms with Crippen molar-refractivity contribution in [2.45, 2.75) is 70.5 Å². The predicted molar refractivity (Wildman–Crippen MR) is 108 cm³/mol. The van der Waals surface area contributed by atoms with Crippen LogP contribution in [0.5, 0.6) is 0 Å². The minimum atomic E-state index is -1.46. The van der Waals surface area contributed by atoms with Crippen molar-refractivity contribution >= 4 is 36.3 Å². The quantitative estimate of drug-likeness (QED) is 0.155. The van der Waals surface area contributed by atoms with Crippen molar-refractivity contribution in [1.29, 1.82) is 0 Å². The topological polar surface area (TPSA) is 191 Å². The van der Waals surface area contributed by atoms with Crippen LogP contribution in [0.15, 0.2) is 0 Å². The average Bonchev–Trinajstić information content (AvgIpc) is 2.65. The molecular weight excluding hydrogens is 404 g/mol. The first kappa shape index (κ1) is 27.1. The van der Waals surface area contributed by atoms with Gasteiger partial charge in [-0.05, 0) is 19.8 Å². The first-order valence-corrected chi connectivity index (χ1v) is 9.86. The molecule has 8 N–H and O–H groups in total. The number of carbonyl (C=O) groups is 4. The molecule has 0 aliphatic carbocycles. The number of carboxylic acid groups (broad SMARTS) is 1. The summed E-state index contributed by atoms with van der Waals surface area (Å²) >= 11 is 3.98. The molecule has 0 aromatic heterocycles. The van der Waals surface area contributed by atoms with Gasteiger partial charge in [0, 0.05) is 5.75 Å². The highest BCUT2D eigenvalue weighted by molar-refractivity contribution is 7.80. The summed E-state index contributed by atoms with van der Waals surface area (Å²) in [6, 6.07) is -5.13. The summed E-state index contributed by atoms with van der Waals surface area (Å²) in [5.74, 6) is -4.28. The summed E-state index contributed by atoms with van der Waals surface area (Å²) < 4.78 is 0. The third-order valence-corrected chi connectivity index (χ3v) is 4.84. The van der Waals surface area contributed by atoms with Gasteiger partial charge in [0.2, 0.25) is 17.7 Å². The molecule has 11 nitrogen and oxygen atoms in total. The van der Waals surface area contributed by atoms with Crippen LogP contribution in [0.3, 0.4) is 0 Å². The number of carbonyl (C=O) groups excluding carboxylic acids is 3.